The van der Waals surface area contributed by atoms with Gasteiger partial charge in [-0.15, -0.1) is 0 Å². The molecule has 0 radical (unpaired) electrons. The number of ether oxygens (including phenoxy) is 1. The van der Waals surface area contributed by atoms with Gasteiger partial charge in [-0.25, -0.2) is 4.79 Å². The van der Waals surface area contributed by atoms with E-state index in [9.17, 15) is 9.90 Å². The van der Waals surface area contributed by atoms with Crippen LogP contribution in [0.1, 0.15) is 29.0 Å². The SMILES string of the molecule is COC(=O)c1coc(CNCC(O)C2CC2)c1. The molecule has 1 aromatic rings. The lowest BCUT2D eigenvalue weighted by molar-refractivity contribution is 0.0600. The molecule has 1 aromatic heterocycles. The maximum Gasteiger partial charge on any atom is 0.341 e. The molecule has 0 aromatic carbocycles. The van der Waals surface area contributed by atoms with E-state index in [-0.39, 0.29) is 6.10 Å². The van der Waals surface area contributed by atoms with Crippen LogP contribution in [0, 0.1) is 5.92 Å². The molecular formula is C12H17NO4. The van der Waals surface area contributed by atoms with Crippen LogP contribution in [0.5, 0.6) is 0 Å². The number of furan rings is 1. The van der Waals surface area contributed by atoms with Crippen LogP contribution in [0.15, 0.2) is 16.7 Å². The fraction of sp³-hybridized carbons (Fsp3) is 0.583. The summed E-state index contributed by atoms with van der Waals surface area (Å²) in [7, 11) is 1.33. The van der Waals surface area contributed by atoms with Gasteiger partial charge in [0.15, 0.2) is 0 Å². The van der Waals surface area contributed by atoms with Gasteiger partial charge in [0.05, 0.1) is 25.3 Å². The molecule has 1 unspecified atom stereocenters. The van der Waals surface area contributed by atoms with E-state index in [0.29, 0.717) is 30.3 Å². The minimum atomic E-state index is -0.405. The fourth-order valence-electron chi connectivity index (χ4n) is 1.69. The van der Waals surface area contributed by atoms with Gasteiger partial charge in [0, 0.05) is 6.54 Å². The summed E-state index contributed by atoms with van der Waals surface area (Å²) in [6.45, 7) is 1.06. The molecular weight excluding hydrogens is 222 g/mol. The Kier molecular flexibility index (Phi) is 3.81. The molecule has 5 nitrogen and oxygen atoms in total. The number of aliphatic hydroxyl groups is 1. The molecule has 0 saturated heterocycles. The Bertz CT molecular complexity index is 384. The van der Waals surface area contributed by atoms with Crippen molar-refractivity contribution in [3.8, 4) is 0 Å². The summed E-state index contributed by atoms with van der Waals surface area (Å²) in [6.07, 6.45) is 3.34. The number of esters is 1. The number of methoxy groups -OCH3 is 1. The fourth-order valence-corrected chi connectivity index (χ4v) is 1.69. The lowest BCUT2D eigenvalue weighted by Gasteiger charge is -2.08. The third kappa shape index (κ3) is 3.31. The molecule has 0 aliphatic heterocycles. The van der Waals surface area contributed by atoms with Crippen molar-refractivity contribution in [2.45, 2.75) is 25.5 Å². The summed E-state index contributed by atoms with van der Waals surface area (Å²) < 4.78 is 9.77. The number of nitrogens with one attached hydrogen (secondary N) is 1. The first-order chi connectivity index (χ1) is 8.20. The largest absolute Gasteiger partial charge is 0.467 e. The number of hydrogen-bond acceptors (Lipinski definition) is 5. The Morgan fingerprint density at radius 2 is 2.47 bits per heavy atom. The predicted molar refractivity (Wildman–Crippen MR) is 60.5 cm³/mol. The third-order valence-electron chi connectivity index (χ3n) is 2.89. The summed E-state index contributed by atoms with van der Waals surface area (Å²) in [4.78, 5) is 11.2. The van der Waals surface area contributed by atoms with Crippen LogP contribution in [0.3, 0.4) is 0 Å². The van der Waals surface area contributed by atoms with Crippen molar-refractivity contribution in [2.24, 2.45) is 5.92 Å². The monoisotopic (exact) mass is 239 g/mol. The average molecular weight is 239 g/mol. The van der Waals surface area contributed by atoms with E-state index in [2.05, 4.69) is 10.1 Å². The Labute approximate surface area is 99.8 Å². The molecule has 2 rings (SSSR count). The van der Waals surface area contributed by atoms with Gasteiger partial charge >= 0.3 is 5.97 Å². The molecule has 94 valence electrons. The smallest absolute Gasteiger partial charge is 0.341 e. The Morgan fingerprint density at radius 3 is 3.12 bits per heavy atom. The second-order valence-corrected chi connectivity index (χ2v) is 4.33. The molecule has 2 N–H and O–H groups in total. The van der Waals surface area contributed by atoms with Crippen LogP contribution in [-0.4, -0.2) is 30.8 Å². The van der Waals surface area contributed by atoms with Crippen LogP contribution in [0.2, 0.25) is 0 Å². The molecule has 1 heterocycles. The molecule has 5 heteroatoms. The van der Waals surface area contributed by atoms with E-state index >= 15 is 0 Å². The lowest BCUT2D eigenvalue weighted by Crippen LogP contribution is -2.27. The van der Waals surface area contributed by atoms with Crippen molar-refractivity contribution in [1.82, 2.24) is 5.32 Å². The first kappa shape index (κ1) is 12.1. The van der Waals surface area contributed by atoms with Crippen molar-refractivity contribution in [1.29, 1.82) is 0 Å². The summed E-state index contributed by atoms with van der Waals surface area (Å²) in [5, 5.41) is 12.7. The average Bonchev–Trinajstić information content (AvgIpc) is 3.08. The van der Waals surface area contributed by atoms with E-state index in [1.807, 2.05) is 0 Å². The van der Waals surface area contributed by atoms with Gasteiger partial charge in [0.2, 0.25) is 0 Å². The van der Waals surface area contributed by atoms with E-state index in [0.717, 1.165) is 12.8 Å². The van der Waals surface area contributed by atoms with Gasteiger partial charge in [-0.2, -0.15) is 0 Å². The van der Waals surface area contributed by atoms with Gasteiger partial charge < -0.3 is 19.6 Å². The van der Waals surface area contributed by atoms with Gasteiger partial charge in [-0.05, 0) is 24.8 Å². The zero-order valence-electron chi connectivity index (χ0n) is 9.81. The first-order valence-corrected chi connectivity index (χ1v) is 5.75. The van der Waals surface area contributed by atoms with E-state index in [1.165, 1.54) is 13.4 Å². The molecule has 1 aliphatic carbocycles. The van der Waals surface area contributed by atoms with Gasteiger partial charge in [-0.3, -0.25) is 0 Å². The highest BCUT2D eigenvalue weighted by Gasteiger charge is 2.29. The number of rotatable bonds is 6. The molecule has 1 fully saturated rings. The molecule has 17 heavy (non-hydrogen) atoms. The summed E-state index contributed by atoms with van der Waals surface area (Å²) in [6, 6.07) is 1.64. The van der Waals surface area contributed by atoms with Gasteiger partial charge in [0.25, 0.3) is 0 Å². The van der Waals surface area contributed by atoms with Crippen molar-refractivity contribution < 1.29 is 19.1 Å². The minimum Gasteiger partial charge on any atom is -0.467 e. The Morgan fingerprint density at radius 1 is 1.71 bits per heavy atom. The summed E-state index contributed by atoms with van der Waals surface area (Å²) >= 11 is 0. The summed E-state index contributed by atoms with van der Waals surface area (Å²) in [5.74, 6) is 0.719. The second-order valence-electron chi connectivity index (χ2n) is 4.33. The van der Waals surface area contributed by atoms with E-state index in [1.54, 1.807) is 6.07 Å². The first-order valence-electron chi connectivity index (χ1n) is 5.75. The zero-order chi connectivity index (χ0) is 12.3. The quantitative estimate of drug-likeness (QED) is 0.722. The van der Waals surface area contributed by atoms with Crippen LogP contribution < -0.4 is 5.32 Å². The highest BCUT2D eigenvalue weighted by Crippen LogP contribution is 2.32. The Balaban J connectivity index is 1.74. The van der Waals surface area contributed by atoms with E-state index < -0.39 is 5.97 Å². The number of hydrogen-bond donors (Lipinski definition) is 2. The van der Waals surface area contributed by atoms with Crippen molar-refractivity contribution in [2.75, 3.05) is 13.7 Å². The van der Waals surface area contributed by atoms with Gasteiger partial charge in [-0.1, -0.05) is 0 Å². The maximum absolute atomic E-state index is 11.2. The molecule has 1 aliphatic rings. The predicted octanol–water partition coefficient (Wildman–Crippen LogP) is 0.927. The summed E-state index contributed by atoms with van der Waals surface area (Å²) in [5.41, 5.74) is 0.409. The molecule has 0 amide bonds. The zero-order valence-corrected chi connectivity index (χ0v) is 9.81. The van der Waals surface area contributed by atoms with Crippen LogP contribution in [-0.2, 0) is 11.3 Å². The van der Waals surface area contributed by atoms with E-state index in [4.69, 9.17) is 4.42 Å². The second kappa shape index (κ2) is 5.33. The highest BCUT2D eigenvalue weighted by atomic mass is 16.5. The topological polar surface area (TPSA) is 71.7 Å². The van der Waals surface area contributed by atoms with Crippen LogP contribution >= 0.6 is 0 Å². The van der Waals surface area contributed by atoms with Crippen molar-refractivity contribution in [3.63, 3.8) is 0 Å². The number of carbonyl (C=O) groups is 1. The molecule has 1 saturated carbocycles. The normalized spacial score (nSPS) is 16.8. The Hall–Kier alpha value is -1.33. The van der Waals surface area contributed by atoms with Crippen molar-refractivity contribution >= 4 is 5.97 Å². The van der Waals surface area contributed by atoms with Gasteiger partial charge in [0.1, 0.15) is 12.0 Å². The molecule has 1 atom stereocenters. The molecule has 0 spiro atoms. The highest BCUT2D eigenvalue weighted by molar-refractivity contribution is 5.88. The third-order valence-corrected chi connectivity index (χ3v) is 2.89. The minimum absolute atomic E-state index is 0.273. The lowest BCUT2D eigenvalue weighted by atomic mass is 10.2. The van der Waals surface area contributed by atoms with Crippen molar-refractivity contribution in [3.05, 3.63) is 23.7 Å². The maximum atomic E-state index is 11.2. The molecule has 0 bridgehead atoms. The number of aliphatic hydroxyl groups excluding tert-OH is 1. The number of carbonyl (C=O) groups excluding carboxylic acids is 1. The van der Waals surface area contributed by atoms with Crippen LogP contribution in [0.25, 0.3) is 0 Å². The van der Waals surface area contributed by atoms with Crippen LogP contribution in [0.4, 0.5) is 0 Å². The standard InChI is InChI=1S/C12H17NO4/c1-16-12(15)9-4-10(17-7-9)5-13-6-11(14)8-2-3-8/h4,7-8,11,13-14H,2-3,5-6H2,1H3.